The zero-order chi connectivity index (χ0) is 18.5. The maximum absolute atomic E-state index is 12.7. The third-order valence-electron chi connectivity index (χ3n) is 5.92. The molecule has 0 saturated carbocycles. The molecular formula is C16H27N2O4P2+. The van der Waals surface area contributed by atoms with Gasteiger partial charge in [0.05, 0.1) is 5.54 Å². The van der Waals surface area contributed by atoms with Crippen LogP contribution in [0.5, 0.6) is 0 Å². The molecule has 2 aliphatic rings. The van der Waals surface area contributed by atoms with Gasteiger partial charge in [0.2, 0.25) is 0 Å². The van der Waals surface area contributed by atoms with Crippen LogP contribution in [0.15, 0.2) is 0 Å². The first-order valence-corrected chi connectivity index (χ1v) is 11.3. The molecule has 6 nitrogen and oxygen atoms in total. The highest BCUT2D eigenvalue weighted by atomic mass is 31.2. The largest absolute Gasteiger partial charge is 0.406 e. The second-order valence-electron chi connectivity index (χ2n) is 7.06. The van der Waals surface area contributed by atoms with E-state index in [9.17, 15) is 19.2 Å². The Morgan fingerprint density at radius 1 is 0.792 bits per heavy atom. The molecule has 134 valence electrons. The van der Waals surface area contributed by atoms with Gasteiger partial charge in [-0.1, -0.05) is 34.6 Å². The minimum absolute atomic E-state index is 0.00101. The molecule has 8 heteroatoms. The van der Waals surface area contributed by atoms with Gasteiger partial charge in [-0.15, -0.1) is 0 Å². The third kappa shape index (κ3) is 2.22. The van der Waals surface area contributed by atoms with Crippen molar-refractivity contribution in [1.82, 2.24) is 9.57 Å². The number of rotatable bonds is 7. The summed E-state index contributed by atoms with van der Waals surface area (Å²) in [5.41, 5.74) is -2.68. The van der Waals surface area contributed by atoms with Crippen molar-refractivity contribution in [2.24, 2.45) is 0 Å². The lowest BCUT2D eigenvalue weighted by Crippen LogP contribution is -2.69. The Labute approximate surface area is 145 Å². The molecule has 2 saturated heterocycles. The van der Waals surface area contributed by atoms with Crippen molar-refractivity contribution >= 4 is 38.6 Å². The van der Waals surface area contributed by atoms with E-state index in [1.54, 1.807) is 0 Å². The van der Waals surface area contributed by atoms with E-state index in [4.69, 9.17) is 0 Å². The molecule has 0 bridgehead atoms. The first-order valence-electron chi connectivity index (χ1n) is 8.55. The molecule has 1 spiro atoms. The SMILES string of the molecule is CCC(C)(CC)PN1C(=O)[P+]2(C1=O)C(=O)N(C(C)(CC)CC)C2=O. The zero-order valence-corrected chi connectivity index (χ0v) is 17.2. The molecule has 0 radical (unpaired) electrons. The van der Waals surface area contributed by atoms with Crippen molar-refractivity contribution in [2.75, 3.05) is 0 Å². The number of imide groups is 2. The van der Waals surface area contributed by atoms with E-state index in [0.29, 0.717) is 12.8 Å². The van der Waals surface area contributed by atoms with Crippen LogP contribution in [0.2, 0.25) is 0 Å². The summed E-state index contributed by atoms with van der Waals surface area (Å²) in [5.74, 6) is 0. The van der Waals surface area contributed by atoms with Gasteiger partial charge >= 0.3 is 29.9 Å². The molecule has 2 rings (SSSR count). The van der Waals surface area contributed by atoms with Gasteiger partial charge in [0, 0.05) is 13.9 Å². The highest BCUT2D eigenvalue weighted by molar-refractivity contribution is 8.30. The number of carbonyl (C=O) groups is 4. The maximum Gasteiger partial charge on any atom is 0.406 e. The molecular weight excluding hydrogens is 346 g/mol. The molecule has 4 amide bonds. The van der Waals surface area contributed by atoms with Gasteiger partial charge in [0.1, 0.15) is 0 Å². The van der Waals surface area contributed by atoms with Crippen molar-refractivity contribution in [3.8, 4) is 0 Å². The van der Waals surface area contributed by atoms with E-state index in [2.05, 4.69) is 0 Å². The molecule has 0 aromatic carbocycles. The van der Waals surface area contributed by atoms with Crippen molar-refractivity contribution < 1.29 is 19.2 Å². The summed E-state index contributed by atoms with van der Waals surface area (Å²) >= 11 is 0. The molecule has 2 aliphatic heterocycles. The predicted molar refractivity (Wildman–Crippen MR) is 98.5 cm³/mol. The Balaban J connectivity index is 2.24. The van der Waals surface area contributed by atoms with Gasteiger partial charge in [-0.25, -0.2) is 24.1 Å². The Bertz CT molecular complexity index is 577. The second-order valence-corrected chi connectivity index (χ2v) is 11.8. The number of hydrogen-bond acceptors (Lipinski definition) is 4. The van der Waals surface area contributed by atoms with Crippen LogP contribution in [-0.2, 0) is 0 Å². The molecule has 1 atom stereocenters. The van der Waals surface area contributed by atoms with Crippen LogP contribution in [0.3, 0.4) is 0 Å². The molecule has 1 unspecified atom stereocenters. The molecule has 24 heavy (non-hydrogen) atoms. The Morgan fingerprint density at radius 2 is 1.21 bits per heavy atom. The Kier molecular flexibility index (Phi) is 4.98. The highest BCUT2D eigenvalue weighted by Gasteiger charge is 2.92. The van der Waals surface area contributed by atoms with Gasteiger partial charge in [-0.3, -0.25) is 0 Å². The fourth-order valence-electron chi connectivity index (χ4n) is 2.97. The Morgan fingerprint density at radius 3 is 1.54 bits per heavy atom. The minimum atomic E-state index is -3.45. The average Bonchev–Trinajstić information content (AvgIpc) is 2.59. The summed E-state index contributed by atoms with van der Waals surface area (Å²) in [6.45, 7) is 11.7. The second kappa shape index (κ2) is 6.14. The molecule has 0 N–H and O–H groups in total. The quantitative estimate of drug-likeness (QED) is 0.523. The topological polar surface area (TPSA) is 74.8 Å². The number of hydrogen-bond donors (Lipinski definition) is 0. The van der Waals surface area contributed by atoms with Crippen LogP contribution < -0.4 is 0 Å². The van der Waals surface area contributed by atoms with Crippen molar-refractivity contribution in [1.29, 1.82) is 0 Å². The van der Waals surface area contributed by atoms with Crippen LogP contribution in [0.25, 0.3) is 0 Å². The van der Waals surface area contributed by atoms with E-state index in [-0.39, 0.29) is 13.9 Å². The molecule has 0 aromatic rings. The minimum Gasteiger partial charge on any atom is -0.224 e. The van der Waals surface area contributed by atoms with Crippen LogP contribution in [0, 0.1) is 0 Å². The van der Waals surface area contributed by atoms with Crippen molar-refractivity contribution in [3.05, 3.63) is 0 Å². The smallest absolute Gasteiger partial charge is 0.224 e. The van der Waals surface area contributed by atoms with E-state index in [1.807, 2.05) is 41.5 Å². The van der Waals surface area contributed by atoms with Crippen molar-refractivity contribution in [2.45, 2.75) is 77.9 Å². The lowest BCUT2D eigenvalue weighted by Gasteiger charge is -2.50. The van der Waals surface area contributed by atoms with E-state index in [0.717, 1.165) is 12.8 Å². The van der Waals surface area contributed by atoms with Gasteiger partial charge in [-0.2, -0.15) is 4.67 Å². The van der Waals surface area contributed by atoms with E-state index < -0.39 is 35.4 Å². The van der Waals surface area contributed by atoms with Gasteiger partial charge < -0.3 is 0 Å². The molecule has 0 aromatic heterocycles. The average molecular weight is 373 g/mol. The molecule has 2 heterocycles. The summed E-state index contributed by atoms with van der Waals surface area (Å²) in [6.07, 6.45) is 2.89. The maximum atomic E-state index is 12.7. The first-order chi connectivity index (χ1) is 11.1. The van der Waals surface area contributed by atoms with E-state index in [1.165, 1.54) is 9.57 Å². The van der Waals surface area contributed by atoms with Crippen LogP contribution >= 0.6 is 16.0 Å². The van der Waals surface area contributed by atoms with Gasteiger partial charge in [0.25, 0.3) is 0 Å². The highest BCUT2D eigenvalue weighted by Crippen LogP contribution is 2.81. The Hall–Kier alpha value is -0.860. The molecule has 0 aliphatic carbocycles. The summed E-state index contributed by atoms with van der Waals surface area (Å²) in [7, 11) is -3.45. The number of carbonyl (C=O) groups excluding carboxylic acids is 4. The van der Waals surface area contributed by atoms with Gasteiger partial charge in [0.15, 0.2) is 0 Å². The zero-order valence-electron chi connectivity index (χ0n) is 15.3. The van der Waals surface area contributed by atoms with E-state index >= 15 is 0 Å². The first kappa shape index (κ1) is 19.5. The fraction of sp³-hybridized carbons (Fsp3) is 0.750. The lowest BCUT2D eigenvalue weighted by molar-refractivity contribution is 0.145. The summed E-state index contributed by atoms with van der Waals surface area (Å²) in [4.78, 5) is 51.9. The normalized spacial score (nSPS) is 21.1. The fourth-order valence-corrected chi connectivity index (χ4v) is 7.95. The van der Waals surface area contributed by atoms with Crippen LogP contribution in [0.4, 0.5) is 19.2 Å². The lowest BCUT2D eigenvalue weighted by atomic mass is 9.94. The summed E-state index contributed by atoms with van der Waals surface area (Å²) in [6, 6.07) is 0. The summed E-state index contributed by atoms with van der Waals surface area (Å²) in [5, 5.41) is -0.145. The van der Waals surface area contributed by atoms with Crippen LogP contribution in [-0.4, -0.2) is 42.9 Å². The van der Waals surface area contributed by atoms with Crippen molar-refractivity contribution in [3.63, 3.8) is 0 Å². The monoisotopic (exact) mass is 373 g/mol. The third-order valence-corrected chi connectivity index (χ3v) is 11.3. The molecule has 2 fully saturated rings. The number of amides is 4. The standard InChI is InChI=1S/C16H27N2O4P2/c1-7-15(5,8-2)17-11(19)24(12(17)20)13(21)18(14(24)22)23-16(6,9-3)10-4/h23H,7-10H2,1-6H3/q+1. The summed E-state index contributed by atoms with van der Waals surface area (Å²) < 4.78 is 1.17. The number of nitrogens with zero attached hydrogens (tertiary/aromatic N) is 2. The van der Waals surface area contributed by atoms with Crippen LogP contribution in [0.1, 0.15) is 67.2 Å². The predicted octanol–water partition coefficient (Wildman–Crippen LogP) is 5.87. The van der Waals surface area contributed by atoms with Gasteiger partial charge in [-0.05, 0) is 32.6 Å².